The van der Waals surface area contributed by atoms with E-state index in [0.717, 1.165) is 25.7 Å². The number of carboxylic acids is 1. The first-order valence-corrected chi connectivity index (χ1v) is 10.2. The fraction of sp³-hybridized carbons (Fsp3) is 0.850. The quantitative estimate of drug-likeness (QED) is 0.459. The van der Waals surface area contributed by atoms with Crippen LogP contribution in [0, 0.1) is 23.7 Å². The van der Waals surface area contributed by atoms with Gasteiger partial charge in [-0.05, 0) is 49.9 Å². The first kappa shape index (κ1) is 23.4. The number of carbonyl (C=O) groups excluding carboxylic acids is 2. The Hall–Kier alpha value is -1.63. The molecule has 7 heteroatoms. The number of hydrogen-bond acceptors (Lipinski definition) is 4. The third kappa shape index (κ3) is 7.87. The molecule has 0 saturated heterocycles. The summed E-state index contributed by atoms with van der Waals surface area (Å²) in [6.07, 6.45) is 4.49. The fourth-order valence-electron chi connectivity index (χ4n) is 3.57. The standard InChI is InChI=1S/C20H37N3O4/c1-5-13(4)17(20(26)27)23-18(24)15-8-6-14(7-9-15)11-22-19(25)16(21)10-12(2)3/h12-17H,5-11,21H2,1-4H3,(H,22,25)(H,23,24)(H,26,27). The van der Waals surface area contributed by atoms with Gasteiger partial charge in [0.05, 0.1) is 6.04 Å². The highest BCUT2D eigenvalue weighted by atomic mass is 16.4. The van der Waals surface area contributed by atoms with Crippen molar-refractivity contribution in [2.24, 2.45) is 29.4 Å². The highest BCUT2D eigenvalue weighted by molar-refractivity contribution is 5.85. The smallest absolute Gasteiger partial charge is 0.326 e. The number of hydrogen-bond donors (Lipinski definition) is 4. The Labute approximate surface area is 162 Å². The van der Waals surface area contributed by atoms with Crippen LogP contribution in [0.4, 0.5) is 0 Å². The number of rotatable bonds is 10. The topological polar surface area (TPSA) is 122 Å². The second-order valence-corrected chi connectivity index (χ2v) is 8.41. The molecule has 1 aliphatic carbocycles. The Kier molecular flexibility index (Phi) is 9.77. The van der Waals surface area contributed by atoms with Gasteiger partial charge in [-0.1, -0.05) is 34.1 Å². The fourth-order valence-corrected chi connectivity index (χ4v) is 3.57. The Morgan fingerprint density at radius 1 is 1.11 bits per heavy atom. The van der Waals surface area contributed by atoms with Crippen LogP contribution < -0.4 is 16.4 Å². The van der Waals surface area contributed by atoms with E-state index in [1.54, 1.807) is 0 Å². The highest BCUT2D eigenvalue weighted by Crippen LogP contribution is 2.29. The van der Waals surface area contributed by atoms with Gasteiger partial charge in [-0.25, -0.2) is 4.79 Å². The summed E-state index contributed by atoms with van der Waals surface area (Å²) in [6, 6.07) is -1.30. The van der Waals surface area contributed by atoms with Crippen LogP contribution in [0.1, 0.15) is 66.2 Å². The second-order valence-electron chi connectivity index (χ2n) is 8.41. The van der Waals surface area contributed by atoms with Crippen molar-refractivity contribution in [1.29, 1.82) is 0 Å². The summed E-state index contributed by atoms with van der Waals surface area (Å²) in [5.41, 5.74) is 5.89. The second kappa shape index (κ2) is 11.3. The minimum atomic E-state index is -0.980. The van der Waals surface area contributed by atoms with E-state index in [9.17, 15) is 19.5 Å². The molecule has 27 heavy (non-hydrogen) atoms. The van der Waals surface area contributed by atoms with Crippen LogP contribution in [-0.2, 0) is 14.4 Å². The third-order valence-electron chi connectivity index (χ3n) is 5.62. The van der Waals surface area contributed by atoms with E-state index in [2.05, 4.69) is 10.6 Å². The van der Waals surface area contributed by atoms with Crippen molar-refractivity contribution >= 4 is 17.8 Å². The lowest BCUT2D eigenvalue weighted by Gasteiger charge is -2.30. The SMILES string of the molecule is CCC(C)C(NC(=O)C1CCC(CNC(=O)C(N)CC(C)C)CC1)C(=O)O. The van der Waals surface area contributed by atoms with Gasteiger partial charge in [0.25, 0.3) is 0 Å². The van der Waals surface area contributed by atoms with Crippen molar-refractivity contribution in [1.82, 2.24) is 10.6 Å². The van der Waals surface area contributed by atoms with Crippen molar-refractivity contribution in [3.05, 3.63) is 0 Å². The Morgan fingerprint density at radius 2 is 1.70 bits per heavy atom. The summed E-state index contributed by atoms with van der Waals surface area (Å²) in [5, 5.41) is 15.0. The van der Waals surface area contributed by atoms with Crippen LogP contribution in [0.3, 0.4) is 0 Å². The molecule has 0 aromatic carbocycles. The van der Waals surface area contributed by atoms with Crippen molar-refractivity contribution in [2.45, 2.75) is 78.3 Å². The van der Waals surface area contributed by atoms with Crippen LogP contribution in [-0.4, -0.2) is 41.5 Å². The van der Waals surface area contributed by atoms with Crippen molar-refractivity contribution < 1.29 is 19.5 Å². The van der Waals surface area contributed by atoms with E-state index in [1.165, 1.54) is 0 Å². The summed E-state index contributed by atoms with van der Waals surface area (Å²) in [5.74, 6) is -0.782. The zero-order valence-electron chi connectivity index (χ0n) is 17.2. The minimum Gasteiger partial charge on any atom is -0.480 e. The molecule has 5 N–H and O–H groups in total. The minimum absolute atomic E-state index is 0.104. The Balaban J connectivity index is 2.39. The molecule has 0 radical (unpaired) electrons. The normalized spacial score (nSPS) is 23.3. The average molecular weight is 384 g/mol. The molecule has 156 valence electrons. The number of carbonyl (C=O) groups is 3. The zero-order chi connectivity index (χ0) is 20.6. The maximum atomic E-state index is 12.4. The Bertz CT molecular complexity index is 501. The summed E-state index contributed by atoms with van der Waals surface area (Å²) >= 11 is 0. The van der Waals surface area contributed by atoms with Crippen LogP contribution >= 0.6 is 0 Å². The van der Waals surface area contributed by atoms with E-state index in [0.29, 0.717) is 31.2 Å². The van der Waals surface area contributed by atoms with Crippen molar-refractivity contribution in [3.63, 3.8) is 0 Å². The van der Waals surface area contributed by atoms with Gasteiger partial charge in [0.1, 0.15) is 6.04 Å². The van der Waals surface area contributed by atoms with Gasteiger partial charge in [-0.2, -0.15) is 0 Å². The van der Waals surface area contributed by atoms with Gasteiger partial charge in [0, 0.05) is 12.5 Å². The molecule has 0 aliphatic heterocycles. The molecule has 1 fully saturated rings. The molecule has 0 spiro atoms. The van der Waals surface area contributed by atoms with Crippen molar-refractivity contribution in [2.75, 3.05) is 6.54 Å². The van der Waals surface area contributed by atoms with Crippen molar-refractivity contribution in [3.8, 4) is 0 Å². The first-order chi connectivity index (χ1) is 12.6. The lowest BCUT2D eigenvalue weighted by molar-refractivity contribution is -0.144. The monoisotopic (exact) mass is 383 g/mol. The molecule has 1 rings (SSSR count). The molecule has 1 aliphatic rings. The number of nitrogens with two attached hydrogens (primary N) is 1. The number of nitrogens with one attached hydrogen (secondary N) is 2. The van der Waals surface area contributed by atoms with E-state index in [4.69, 9.17) is 5.73 Å². The van der Waals surface area contributed by atoms with Gasteiger partial charge in [0.15, 0.2) is 0 Å². The number of amides is 2. The van der Waals surface area contributed by atoms with Gasteiger partial charge >= 0.3 is 5.97 Å². The van der Waals surface area contributed by atoms with Crippen LogP contribution in [0.2, 0.25) is 0 Å². The van der Waals surface area contributed by atoms with Crippen LogP contribution in [0.15, 0.2) is 0 Å². The zero-order valence-corrected chi connectivity index (χ0v) is 17.2. The van der Waals surface area contributed by atoms with Crippen LogP contribution in [0.5, 0.6) is 0 Å². The third-order valence-corrected chi connectivity index (χ3v) is 5.62. The molecule has 2 amide bonds. The number of aliphatic carboxylic acids is 1. The van der Waals surface area contributed by atoms with Gasteiger partial charge in [0.2, 0.25) is 11.8 Å². The summed E-state index contributed by atoms with van der Waals surface area (Å²) < 4.78 is 0. The highest BCUT2D eigenvalue weighted by Gasteiger charge is 2.31. The van der Waals surface area contributed by atoms with Gasteiger partial charge in [-0.15, -0.1) is 0 Å². The molecule has 0 bridgehead atoms. The van der Waals surface area contributed by atoms with Crippen LogP contribution in [0.25, 0.3) is 0 Å². The van der Waals surface area contributed by atoms with Gasteiger partial charge < -0.3 is 21.5 Å². The van der Waals surface area contributed by atoms with E-state index >= 15 is 0 Å². The lowest BCUT2D eigenvalue weighted by atomic mass is 9.81. The molecule has 3 unspecified atom stereocenters. The predicted molar refractivity (Wildman–Crippen MR) is 105 cm³/mol. The molecular weight excluding hydrogens is 346 g/mol. The predicted octanol–water partition coefficient (Wildman–Crippen LogP) is 1.90. The molecule has 0 aromatic rings. The Morgan fingerprint density at radius 3 is 2.19 bits per heavy atom. The van der Waals surface area contributed by atoms with E-state index in [-0.39, 0.29) is 23.7 Å². The molecular formula is C20H37N3O4. The first-order valence-electron chi connectivity index (χ1n) is 10.2. The molecule has 3 atom stereocenters. The summed E-state index contributed by atoms with van der Waals surface area (Å²) in [7, 11) is 0. The molecule has 0 aromatic heterocycles. The molecule has 1 saturated carbocycles. The largest absolute Gasteiger partial charge is 0.480 e. The summed E-state index contributed by atoms with van der Waals surface area (Å²) in [4.78, 5) is 35.8. The van der Waals surface area contributed by atoms with Gasteiger partial charge in [-0.3, -0.25) is 9.59 Å². The maximum absolute atomic E-state index is 12.4. The average Bonchev–Trinajstić information content (AvgIpc) is 2.62. The molecule has 0 heterocycles. The number of carboxylic acid groups (broad SMARTS) is 1. The lowest BCUT2D eigenvalue weighted by Crippen LogP contribution is -2.48. The summed E-state index contributed by atoms with van der Waals surface area (Å²) in [6.45, 7) is 8.41. The maximum Gasteiger partial charge on any atom is 0.326 e. The van der Waals surface area contributed by atoms with E-state index in [1.807, 2.05) is 27.7 Å². The molecule has 7 nitrogen and oxygen atoms in total. The van der Waals surface area contributed by atoms with E-state index < -0.39 is 18.1 Å².